The fourth-order valence-electron chi connectivity index (χ4n) is 3.34. The van der Waals surface area contributed by atoms with E-state index in [4.69, 9.17) is 0 Å². The first-order valence-electron chi connectivity index (χ1n) is 9.20. The molecule has 4 aromatic rings. The second kappa shape index (κ2) is 8.05. The smallest absolute Gasteiger partial charge is 0.280 e. The Bertz CT molecular complexity index is 1350. The van der Waals surface area contributed by atoms with Gasteiger partial charge in [-0.15, -0.1) is 0 Å². The highest BCUT2D eigenvalue weighted by molar-refractivity contribution is 5.94. The molecule has 158 valence electrons. The van der Waals surface area contributed by atoms with Crippen molar-refractivity contribution in [3.63, 3.8) is 0 Å². The SMILES string of the molecule is CNC(=O)c1cc(F)cc(Cn2cnc3cc(-c4cn[nH]c4C(F)F)ccc3c2=O)c1. The highest BCUT2D eigenvalue weighted by Gasteiger charge is 2.17. The van der Waals surface area contributed by atoms with Gasteiger partial charge in [0.15, 0.2) is 0 Å². The summed E-state index contributed by atoms with van der Waals surface area (Å²) in [7, 11) is 1.44. The molecule has 0 aliphatic rings. The van der Waals surface area contributed by atoms with Crippen molar-refractivity contribution in [3.05, 3.63) is 81.9 Å². The highest BCUT2D eigenvalue weighted by atomic mass is 19.3. The van der Waals surface area contributed by atoms with E-state index in [1.807, 2.05) is 0 Å². The molecular formula is C21H16F3N5O2. The monoisotopic (exact) mass is 427 g/mol. The number of nitrogens with one attached hydrogen (secondary N) is 2. The molecule has 2 aromatic carbocycles. The van der Waals surface area contributed by atoms with Gasteiger partial charge < -0.3 is 5.32 Å². The van der Waals surface area contributed by atoms with Gasteiger partial charge in [-0.3, -0.25) is 19.3 Å². The van der Waals surface area contributed by atoms with Crippen LogP contribution in [0.25, 0.3) is 22.0 Å². The molecule has 0 fully saturated rings. The van der Waals surface area contributed by atoms with Crippen LogP contribution in [0, 0.1) is 5.82 Å². The van der Waals surface area contributed by atoms with Gasteiger partial charge >= 0.3 is 0 Å². The Morgan fingerprint density at radius 1 is 1.23 bits per heavy atom. The van der Waals surface area contributed by atoms with Crippen molar-refractivity contribution in [2.45, 2.75) is 13.0 Å². The fourth-order valence-corrected chi connectivity index (χ4v) is 3.34. The summed E-state index contributed by atoms with van der Waals surface area (Å²) in [6.45, 7) is 0.00252. The molecule has 0 saturated heterocycles. The largest absolute Gasteiger partial charge is 0.355 e. The van der Waals surface area contributed by atoms with Crippen LogP contribution in [-0.2, 0) is 6.54 Å². The first-order valence-corrected chi connectivity index (χ1v) is 9.20. The number of hydrogen-bond donors (Lipinski definition) is 2. The van der Waals surface area contributed by atoms with Gasteiger partial charge in [0.2, 0.25) is 0 Å². The van der Waals surface area contributed by atoms with Crippen LogP contribution in [0.15, 0.2) is 53.7 Å². The molecule has 0 atom stereocenters. The molecule has 7 nitrogen and oxygen atoms in total. The van der Waals surface area contributed by atoms with Gasteiger partial charge in [-0.25, -0.2) is 18.2 Å². The lowest BCUT2D eigenvalue weighted by Crippen LogP contribution is -2.22. The maximum atomic E-state index is 13.9. The molecule has 0 aliphatic heterocycles. The fraction of sp³-hybridized carbons (Fsp3) is 0.143. The van der Waals surface area contributed by atoms with Crippen molar-refractivity contribution < 1.29 is 18.0 Å². The Labute approximate surface area is 173 Å². The minimum absolute atomic E-state index is 0.00252. The van der Waals surface area contributed by atoms with Crippen molar-refractivity contribution >= 4 is 16.8 Å². The summed E-state index contributed by atoms with van der Waals surface area (Å²) in [6.07, 6.45) is -0.139. The van der Waals surface area contributed by atoms with Crippen molar-refractivity contribution in [1.82, 2.24) is 25.1 Å². The van der Waals surface area contributed by atoms with Gasteiger partial charge in [0.05, 0.1) is 30.0 Å². The van der Waals surface area contributed by atoms with E-state index < -0.39 is 18.1 Å². The van der Waals surface area contributed by atoms with E-state index in [1.165, 1.54) is 48.4 Å². The first-order chi connectivity index (χ1) is 14.9. The van der Waals surface area contributed by atoms with E-state index >= 15 is 0 Å². The number of carbonyl (C=O) groups excluding carboxylic acids is 1. The molecule has 0 aliphatic carbocycles. The number of fused-ring (bicyclic) bond motifs is 1. The zero-order valence-corrected chi connectivity index (χ0v) is 16.2. The van der Waals surface area contributed by atoms with E-state index in [9.17, 15) is 22.8 Å². The maximum Gasteiger partial charge on any atom is 0.280 e. The number of hydrogen-bond acceptors (Lipinski definition) is 4. The summed E-state index contributed by atoms with van der Waals surface area (Å²) in [6, 6.07) is 8.40. The molecule has 0 radical (unpaired) electrons. The summed E-state index contributed by atoms with van der Waals surface area (Å²) in [5, 5.41) is 8.63. The summed E-state index contributed by atoms with van der Waals surface area (Å²) < 4.78 is 41.4. The van der Waals surface area contributed by atoms with Crippen LogP contribution in [0.5, 0.6) is 0 Å². The third-order valence-corrected chi connectivity index (χ3v) is 4.82. The zero-order chi connectivity index (χ0) is 22.1. The normalized spacial score (nSPS) is 11.3. The molecule has 2 heterocycles. The predicted molar refractivity (Wildman–Crippen MR) is 107 cm³/mol. The summed E-state index contributed by atoms with van der Waals surface area (Å²) >= 11 is 0. The van der Waals surface area contributed by atoms with Gasteiger partial charge in [-0.2, -0.15) is 5.10 Å². The maximum absolute atomic E-state index is 13.9. The average Bonchev–Trinajstić information content (AvgIpc) is 3.25. The third kappa shape index (κ3) is 3.91. The minimum Gasteiger partial charge on any atom is -0.355 e. The number of alkyl halides is 2. The predicted octanol–water partition coefficient (Wildman–Crippen LogP) is 3.27. The van der Waals surface area contributed by atoms with Crippen LogP contribution < -0.4 is 10.9 Å². The summed E-state index contributed by atoms with van der Waals surface area (Å²) in [5.74, 6) is -1.04. The van der Waals surface area contributed by atoms with Crippen molar-refractivity contribution in [3.8, 4) is 11.1 Å². The van der Waals surface area contributed by atoms with Crippen molar-refractivity contribution in [2.75, 3.05) is 7.05 Å². The van der Waals surface area contributed by atoms with Crippen LogP contribution in [0.1, 0.15) is 28.0 Å². The Morgan fingerprint density at radius 3 is 2.77 bits per heavy atom. The van der Waals surface area contributed by atoms with Crippen LogP contribution in [0.2, 0.25) is 0 Å². The second-order valence-electron chi connectivity index (χ2n) is 6.83. The molecule has 1 amide bonds. The lowest BCUT2D eigenvalue weighted by Gasteiger charge is -2.10. The third-order valence-electron chi connectivity index (χ3n) is 4.82. The number of halogens is 3. The Balaban J connectivity index is 1.71. The van der Waals surface area contributed by atoms with Gasteiger partial charge in [0, 0.05) is 18.2 Å². The first kappa shape index (κ1) is 20.3. The van der Waals surface area contributed by atoms with Crippen molar-refractivity contribution in [1.29, 1.82) is 0 Å². The number of benzene rings is 2. The lowest BCUT2D eigenvalue weighted by atomic mass is 10.0. The molecule has 2 N–H and O–H groups in total. The Hall–Kier alpha value is -3.95. The number of carbonyl (C=O) groups is 1. The van der Waals surface area contributed by atoms with Gasteiger partial charge in [-0.05, 0) is 41.5 Å². The molecule has 4 rings (SSSR count). The standard InChI is InChI=1S/C21H16F3N5O2/c1-25-20(30)13-4-11(5-14(22)6-13)9-29-10-26-17-7-12(2-3-15(17)21(29)31)16-8-27-28-18(16)19(23)24/h2-8,10,19H,9H2,1H3,(H,25,30)(H,27,28). The van der Waals surface area contributed by atoms with Crippen LogP contribution in [0.3, 0.4) is 0 Å². The molecule has 2 aromatic heterocycles. The molecule has 10 heteroatoms. The van der Waals surface area contributed by atoms with Gasteiger partial charge in [0.25, 0.3) is 17.9 Å². The van der Waals surface area contributed by atoms with Gasteiger partial charge in [0.1, 0.15) is 11.5 Å². The Kier molecular flexibility index (Phi) is 5.28. The quantitative estimate of drug-likeness (QED) is 0.511. The second-order valence-corrected chi connectivity index (χ2v) is 6.83. The van der Waals surface area contributed by atoms with Crippen LogP contribution >= 0.6 is 0 Å². The van der Waals surface area contributed by atoms with E-state index in [1.54, 1.807) is 6.07 Å². The molecule has 0 saturated carbocycles. The molecule has 0 unspecified atom stereocenters. The number of amides is 1. The van der Waals surface area contributed by atoms with Gasteiger partial charge in [-0.1, -0.05) is 6.07 Å². The average molecular weight is 427 g/mol. The molecular weight excluding hydrogens is 411 g/mol. The van der Waals surface area contributed by atoms with Crippen molar-refractivity contribution in [2.24, 2.45) is 0 Å². The number of aromatic nitrogens is 4. The van der Waals surface area contributed by atoms with E-state index in [-0.39, 0.29) is 34.3 Å². The van der Waals surface area contributed by atoms with E-state index in [0.29, 0.717) is 16.6 Å². The summed E-state index contributed by atoms with van der Waals surface area (Å²) in [5.41, 5.74) is 0.850. The number of rotatable bonds is 5. The molecule has 0 bridgehead atoms. The molecule has 0 spiro atoms. The molecule has 31 heavy (non-hydrogen) atoms. The minimum atomic E-state index is -2.72. The number of nitrogens with zero attached hydrogens (tertiary/aromatic N) is 3. The zero-order valence-electron chi connectivity index (χ0n) is 16.2. The summed E-state index contributed by atoms with van der Waals surface area (Å²) in [4.78, 5) is 28.9. The van der Waals surface area contributed by atoms with E-state index in [2.05, 4.69) is 20.5 Å². The number of aromatic amines is 1. The number of H-pyrrole nitrogens is 1. The van der Waals surface area contributed by atoms with Crippen LogP contribution in [-0.4, -0.2) is 32.7 Å². The topological polar surface area (TPSA) is 92.7 Å². The highest BCUT2D eigenvalue weighted by Crippen LogP contribution is 2.30. The van der Waals surface area contributed by atoms with E-state index in [0.717, 1.165) is 6.07 Å². The Morgan fingerprint density at radius 2 is 2.03 bits per heavy atom. The van der Waals surface area contributed by atoms with Crippen LogP contribution in [0.4, 0.5) is 13.2 Å². The lowest BCUT2D eigenvalue weighted by molar-refractivity contribution is 0.0962.